The lowest BCUT2D eigenvalue weighted by molar-refractivity contribution is 0.253. The van der Waals surface area contributed by atoms with Gasteiger partial charge in [0.1, 0.15) is 17.0 Å². The minimum atomic E-state index is -0.317. The Balaban J connectivity index is 1.52. The smallest absolute Gasteiger partial charge is 0.325 e. The monoisotopic (exact) mass is 369 g/mol. The van der Waals surface area contributed by atoms with Gasteiger partial charge in [-0.1, -0.05) is 37.6 Å². The van der Waals surface area contributed by atoms with Crippen LogP contribution in [0.15, 0.2) is 65.0 Å². The van der Waals surface area contributed by atoms with Crippen LogP contribution in [0.4, 0.5) is 10.6 Å². The Morgan fingerprint density at radius 2 is 2.23 bits per heavy atom. The van der Waals surface area contributed by atoms with E-state index < -0.39 is 0 Å². The molecule has 0 saturated carbocycles. The van der Waals surface area contributed by atoms with Crippen LogP contribution in [-0.2, 0) is 6.42 Å². The van der Waals surface area contributed by atoms with Crippen molar-refractivity contribution >= 4 is 23.6 Å². The zero-order chi connectivity index (χ0) is 18.4. The number of nitrogens with one attached hydrogen (secondary N) is 3. The third-order valence-electron chi connectivity index (χ3n) is 3.89. The Bertz CT molecular complexity index is 797. The summed E-state index contributed by atoms with van der Waals surface area (Å²) >= 11 is 1.61. The third kappa shape index (κ3) is 4.92. The molecule has 1 aliphatic carbocycles. The first-order chi connectivity index (χ1) is 12.6. The van der Waals surface area contributed by atoms with Crippen LogP contribution in [0.25, 0.3) is 0 Å². The number of anilines is 1. The number of pyridine rings is 1. The first-order valence-corrected chi connectivity index (χ1v) is 9.58. The molecular weight excluding hydrogens is 346 g/mol. The van der Waals surface area contributed by atoms with E-state index in [2.05, 4.69) is 33.9 Å². The first kappa shape index (κ1) is 18.1. The topological polar surface area (TPSA) is 92.1 Å². The van der Waals surface area contributed by atoms with Crippen molar-refractivity contribution in [3.05, 3.63) is 70.7 Å². The Kier molecular flexibility index (Phi) is 6.01. The standard InChI is InChI=1S/C19H23N5OS/c1-2-5-15-8-4-9-16(21-15)23-19(25)24-17-12-26-18(22-17)13-6-3-7-14(20)11-10-13/h4,6-12,18,22H,2-3,5,20H2,1H3,(H2,21,23,24,25). The molecule has 0 spiro atoms. The van der Waals surface area contributed by atoms with Crippen LogP contribution in [0.3, 0.4) is 0 Å². The fourth-order valence-electron chi connectivity index (χ4n) is 2.64. The fraction of sp³-hybridized carbons (Fsp3) is 0.263. The van der Waals surface area contributed by atoms with Crippen LogP contribution in [0.2, 0.25) is 0 Å². The van der Waals surface area contributed by atoms with Gasteiger partial charge in [-0.2, -0.15) is 0 Å². The summed E-state index contributed by atoms with van der Waals surface area (Å²) in [6, 6.07) is 5.33. The highest BCUT2D eigenvalue weighted by atomic mass is 32.2. The maximum atomic E-state index is 12.2. The van der Waals surface area contributed by atoms with Crippen LogP contribution in [0.5, 0.6) is 0 Å². The summed E-state index contributed by atoms with van der Waals surface area (Å²) in [5.41, 5.74) is 8.69. The largest absolute Gasteiger partial charge is 0.399 e. The highest BCUT2D eigenvalue weighted by Gasteiger charge is 2.21. The summed E-state index contributed by atoms with van der Waals surface area (Å²) in [4.78, 5) is 16.6. The molecule has 1 aromatic heterocycles. The summed E-state index contributed by atoms with van der Waals surface area (Å²) < 4.78 is 0. The van der Waals surface area contributed by atoms with Crippen molar-refractivity contribution in [2.24, 2.45) is 5.73 Å². The molecule has 0 aromatic carbocycles. The lowest BCUT2D eigenvalue weighted by Crippen LogP contribution is -2.35. The number of thioether (sulfide) groups is 1. The second kappa shape index (κ2) is 8.62. The zero-order valence-electron chi connectivity index (χ0n) is 14.7. The molecule has 0 fully saturated rings. The van der Waals surface area contributed by atoms with Gasteiger partial charge in [0.2, 0.25) is 0 Å². The van der Waals surface area contributed by atoms with Gasteiger partial charge in [0.25, 0.3) is 0 Å². The molecule has 0 saturated heterocycles. The van der Waals surface area contributed by atoms with Gasteiger partial charge in [0, 0.05) is 16.8 Å². The van der Waals surface area contributed by atoms with Crippen molar-refractivity contribution < 1.29 is 4.79 Å². The lowest BCUT2D eigenvalue weighted by atomic mass is 10.2. The number of carbonyl (C=O) groups excluding carboxylic acids is 1. The summed E-state index contributed by atoms with van der Waals surface area (Å²) in [5.74, 6) is 1.22. The van der Waals surface area contributed by atoms with E-state index >= 15 is 0 Å². The normalized spacial score (nSPS) is 19.0. The number of aryl methyl sites for hydroxylation is 1. The van der Waals surface area contributed by atoms with Gasteiger partial charge in [-0.05, 0) is 36.6 Å². The minimum absolute atomic E-state index is 0.0619. The van der Waals surface area contributed by atoms with E-state index in [0.717, 1.165) is 36.2 Å². The van der Waals surface area contributed by atoms with Crippen molar-refractivity contribution in [2.45, 2.75) is 31.6 Å². The molecule has 5 N–H and O–H groups in total. The number of urea groups is 1. The Labute approximate surface area is 157 Å². The van der Waals surface area contributed by atoms with E-state index in [1.54, 1.807) is 17.8 Å². The molecule has 2 aliphatic rings. The molecule has 0 bridgehead atoms. The molecule has 1 unspecified atom stereocenters. The molecule has 1 aliphatic heterocycles. The molecule has 1 aromatic rings. The molecule has 3 rings (SSSR count). The molecule has 7 heteroatoms. The number of nitrogens with two attached hydrogens (primary N) is 1. The van der Waals surface area contributed by atoms with Gasteiger partial charge in [-0.25, -0.2) is 9.78 Å². The van der Waals surface area contributed by atoms with Crippen LogP contribution in [0.1, 0.15) is 25.5 Å². The SMILES string of the molecule is CCCc1cccc(NC(=O)NC2=CSC(C3=CCC=C(N)C=C3)N2)n1. The van der Waals surface area contributed by atoms with Gasteiger partial charge in [0.05, 0.1) is 0 Å². The molecule has 6 nitrogen and oxygen atoms in total. The van der Waals surface area contributed by atoms with Crippen molar-refractivity contribution in [3.63, 3.8) is 0 Å². The van der Waals surface area contributed by atoms with Crippen LogP contribution in [0, 0.1) is 0 Å². The van der Waals surface area contributed by atoms with Gasteiger partial charge in [-0.3, -0.25) is 10.6 Å². The highest BCUT2D eigenvalue weighted by Crippen LogP contribution is 2.27. The molecule has 2 amide bonds. The number of nitrogens with zero attached hydrogens (tertiary/aromatic N) is 1. The predicted molar refractivity (Wildman–Crippen MR) is 107 cm³/mol. The number of rotatable bonds is 5. The lowest BCUT2D eigenvalue weighted by Gasteiger charge is -2.15. The third-order valence-corrected chi connectivity index (χ3v) is 4.92. The highest BCUT2D eigenvalue weighted by molar-refractivity contribution is 8.03. The maximum Gasteiger partial charge on any atom is 0.325 e. The first-order valence-electron chi connectivity index (χ1n) is 8.64. The van der Waals surface area contributed by atoms with Crippen LogP contribution < -0.4 is 21.7 Å². The van der Waals surface area contributed by atoms with Crippen LogP contribution in [-0.4, -0.2) is 16.4 Å². The molecule has 136 valence electrons. The average molecular weight is 369 g/mol. The number of hydrogen-bond acceptors (Lipinski definition) is 5. The van der Waals surface area contributed by atoms with Crippen molar-refractivity contribution in [1.82, 2.24) is 15.6 Å². The van der Waals surface area contributed by atoms with E-state index in [9.17, 15) is 4.79 Å². The number of allylic oxidation sites excluding steroid dienone is 3. The van der Waals surface area contributed by atoms with E-state index in [1.165, 1.54) is 0 Å². The fourth-order valence-corrected chi connectivity index (χ4v) is 3.57. The molecular formula is C19H23N5OS. The maximum absolute atomic E-state index is 12.2. The summed E-state index contributed by atoms with van der Waals surface area (Å²) in [6.45, 7) is 2.10. The molecule has 2 heterocycles. The number of carbonyl (C=O) groups is 1. The van der Waals surface area contributed by atoms with Gasteiger partial charge < -0.3 is 11.1 Å². The number of hydrogen-bond donors (Lipinski definition) is 4. The van der Waals surface area contributed by atoms with Gasteiger partial charge >= 0.3 is 6.03 Å². The summed E-state index contributed by atoms with van der Waals surface area (Å²) in [7, 11) is 0. The Hall–Kier alpha value is -2.67. The predicted octanol–water partition coefficient (Wildman–Crippen LogP) is 3.35. The molecule has 0 radical (unpaired) electrons. The zero-order valence-corrected chi connectivity index (χ0v) is 15.5. The minimum Gasteiger partial charge on any atom is -0.399 e. The van der Waals surface area contributed by atoms with Crippen LogP contribution >= 0.6 is 11.8 Å². The van der Waals surface area contributed by atoms with Crippen molar-refractivity contribution in [3.8, 4) is 0 Å². The molecule has 1 atom stereocenters. The quantitative estimate of drug-likeness (QED) is 0.639. The van der Waals surface area contributed by atoms with Gasteiger partial charge in [-0.15, -0.1) is 11.8 Å². The second-order valence-corrected chi connectivity index (χ2v) is 6.99. The average Bonchev–Trinajstić information content (AvgIpc) is 2.95. The molecule has 26 heavy (non-hydrogen) atoms. The van der Waals surface area contributed by atoms with E-state index in [-0.39, 0.29) is 11.4 Å². The number of amides is 2. The Morgan fingerprint density at radius 1 is 1.35 bits per heavy atom. The van der Waals surface area contributed by atoms with E-state index in [1.807, 2.05) is 35.8 Å². The van der Waals surface area contributed by atoms with Crippen molar-refractivity contribution in [2.75, 3.05) is 5.32 Å². The Morgan fingerprint density at radius 3 is 3.08 bits per heavy atom. The summed E-state index contributed by atoms with van der Waals surface area (Å²) in [5, 5.41) is 10.9. The summed E-state index contributed by atoms with van der Waals surface area (Å²) in [6.07, 6.45) is 10.7. The van der Waals surface area contributed by atoms with Crippen molar-refractivity contribution in [1.29, 1.82) is 0 Å². The number of aromatic nitrogens is 1. The van der Waals surface area contributed by atoms with E-state index in [0.29, 0.717) is 11.6 Å². The van der Waals surface area contributed by atoms with Gasteiger partial charge in [0.15, 0.2) is 0 Å². The second-order valence-electron chi connectivity index (χ2n) is 6.01. The van der Waals surface area contributed by atoms with E-state index in [4.69, 9.17) is 5.73 Å².